The van der Waals surface area contributed by atoms with Gasteiger partial charge in [-0.05, 0) is 18.1 Å². The van der Waals surface area contributed by atoms with E-state index < -0.39 is 10.0 Å². The molecule has 0 amide bonds. The van der Waals surface area contributed by atoms with Gasteiger partial charge < -0.3 is 0 Å². The third-order valence-electron chi connectivity index (χ3n) is 3.12. The summed E-state index contributed by atoms with van der Waals surface area (Å²) in [5.41, 5.74) is 0. The average molecular weight is 313 g/mol. The number of nitrogens with one attached hydrogen (secondary N) is 1. The molecule has 0 aliphatic rings. The molecule has 2 aromatic rings. The fourth-order valence-electron chi connectivity index (χ4n) is 1.83. The fraction of sp³-hybridized carbons (Fsp3) is 0.357. The van der Waals surface area contributed by atoms with Gasteiger partial charge in [0.1, 0.15) is 0 Å². The van der Waals surface area contributed by atoms with Gasteiger partial charge in [-0.15, -0.1) is 11.6 Å². The second kappa shape index (κ2) is 6.08. The molecule has 4 nitrogen and oxygen atoms in total. The topological polar surface area (TPSA) is 59.1 Å². The number of benzene rings is 1. The van der Waals surface area contributed by atoms with Crippen molar-refractivity contribution in [1.29, 1.82) is 0 Å². The molecular formula is C14H17ClN2O2S. The van der Waals surface area contributed by atoms with Gasteiger partial charge in [0.05, 0.1) is 4.90 Å². The molecular weight excluding hydrogens is 296 g/mol. The second-order valence-corrected chi connectivity index (χ2v) is 7.26. The molecule has 1 heterocycles. The lowest BCUT2D eigenvalue weighted by atomic mass is 10.1. The first-order valence-electron chi connectivity index (χ1n) is 6.38. The van der Waals surface area contributed by atoms with Crippen LogP contribution in [0.15, 0.2) is 41.6 Å². The van der Waals surface area contributed by atoms with E-state index in [1.54, 1.807) is 30.6 Å². The van der Waals surface area contributed by atoms with E-state index in [4.69, 9.17) is 11.6 Å². The van der Waals surface area contributed by atoms with Crippen molar-refractivity contribution in [1.82, 2.24) is 9.71 Å². The highest BCUT2D eigenvalue weighted by molar-refractivity contribution is 7.89. The van der Waals surface area contributed by atoms with Gasteiger partial charge >= 0.3 is 0 Å². The molecule has 108 valence electrons. The Bertz CT molecular complexity index is 696. The molecule has 1 atom stereocenters. The van der Waals surface area contributed by atoms with Gasteiger partial charge in [-0.25, -0.2) is 13.1 Å². The molecule has 0 aliphatic carbocycles. The maximum absolute atomic E-state index is 12.4. The molecule has 2 rings (SSSR count). The predicted molar refractivity (Wildman–Crippen MR) is 81.4 cm³/mol. The minimum atomic E-state index is -3.58. The van der Waals surface area contributed by atoms with Crippen LogP contribution in [0.3, 0.4) is 0 Å². The van der Waals surface area contributed by atoms with Crippen LogP contribution in [0.4, 0.5) is 0 Å². The summed E-state index contributed by atoms with van der Waals surface area (Å²) in [4.78, 5) is 4.25. The Balaban J connectivity index is 2.33. The van der Waals surface area contributed by atoms with E-state index in [2.05, 4.69) is 9.71 Å². The van der Waals surface area contributed by atoms with Gasteiger partial charge in [-0.3, -0.25) is 4.98 Å². The summed E-state index contributed by atoms with van der Waals surface area (Å²) >= 11 is 6.09. The summed E-state index contributed by atoms with van der Waals surface area (Å²) in [6.07, 6.45) is 3.23. The molecule has 1 aromatic heterocycles. The van der Waals surface area contributed by atoms with Gasteiger partial charge in [-0.1, -0.05) is 26.0 Å². The Morgan fingerprint density at radius 1 is 1.30 bits per heavy atom. The van der Waals surface area contributed by atoms with Crippen molar-refractivity contribution in [2.75, 3.05) is 6.54 Å². The van der Waals surface area contributed by atoms with Crippen molar-refractivity contribution in [3.63, 3.8) is 0 Å². The molecule has 0 fully saturated rings. The SMILES string of the molecule is CC(C)C(Cl)CNS(=O)(=O)c1cccc2cnccc12. The number of hydrogen-bond donors (Lipinski definition) is 1. The van der Waals surface area contributed by atoms with Crippen molar-refractivity contribution in [3.05, 3.63) is 36.7 Å². The lowest BCUT2D eigenvalue weighted by Gasteiger charge is -2.15. The van der Waals surface area contributed by atoms with Crippen molar-refractivity contribution in [2.24, 2.45) is 5.92 Å². The lowest BCUT2D eigenvalue weighted by molar-refractivity contribution is 0.557. The first-order valence-corrected chi connectivity index (χ1v) is 8.30. The molecule has 20 heavy (non-hydrogen) atoms. The Labute approximate surface area is 124 Å². The number of sulfonamides is 1. The number of aromatic nitrogens is 1. The third-order valence-corrected chi connectivity index (χ3v) is 5.26. The van der Waals surface area contributed by atoms with E-state index in [1.807, 2.05) is 19.9 Å². The van der Waals surface area contributed by atoms with E-state index >= 15 is 0 Å². The molecule has 1 aromatic carbocycles. The van der Waals surface area contributed by atoms with Crippen molar-refractivity contribution >= 4 is 32.4 Å². The zero-order chi connectivity index (χ0) is 14.8. The number of fused-ring (bicyclic) bond motifs is 1. The van der Waals surface area contributed by atoms with Crippen LogP contribution < -0.4 is 4.72 Å². The van der Waals surface area contributed by atoms with Gasteiger partial charge in [0.25, 0.3) is 0 Å². The Kier molecular flexibility index (Phi) is 4.62. The van der Waals surface area contributed by atoms with Crippen LogP contribution in [0.5, 0.6) is 0 Å². The number of halogens is 1. The van der Waals surface area contributed by atoms with Crippen molar-refractivity contribution in [3.8, 4) is 0 Å². The van der Waals surface area contributed by atoms with Crippen LogP contribution in [0.2, 0.25) is 0 Å². The Morgan fingerprint density at radius 2 is 2.05 bits per heavy atom. The van der Waals surface area contributed by atoms with Crippen LogP contribution in [-0.2, 0) is 10.0 Å². The van der Waals surface area contributed by atoms with E-state index in [0.29, 0.717) is 5.39 Å². The van der Waals surface area contributed by atoms with Crippen molar-refractivity contribution < 1.29 is 8.42 Å². The Morgan fingerprint density at radius 3 is 2.75 bits per heavy atom. The molecule has 1 unspecified atom stereocenters. The van der Waals surface area contributed by atoms with Gasteiger partial charge in [0.15, 0.2) is 0 Å². The first kappa shape index (κ1) is 15.2. The lowest BCUT2D eigenvalue weighted by Crippen LogP contribution is -2.32. The molecule has 0 spiro atoms. The zero-order valence-electron chi connectivity index (χ0n) is 11.4. The van der Waals surface area contributed by atoms with Crippen molar-refractivity contribution in [2.45, 2.75) is 24.1 Å². The summed E-state index contributed by atoms with van der Waals surface area (Å²) < 4.78 is 27.3. The van der Waals surface area contributed by atoms with Gasteiger partial charge in [0.2, 0.25) is 10.0 Å². The second-order valence-electron chi connectivity index (χ2n) is 4.96. The van der Waals surface area contributed by atoms with E-state index in [1.165, 1.54) is 0 Å². The highest BCUT2D eigenvalue weighted by atomic mass is 35.5. The molecule has 0 aliphatic heterocycles. The summed E-state index contributed by atoms with van der Waals surface area (Å²) in [5, 5.41) is 1.22. The third kappa shape index (κ3) is 3.29. The Hall–Kier alpha value is -1.17. The molecule has 0 bridgehead atoms. The number of pyridine rings is 1. The summed E-state index contributed by atoms with van der Waals surface area (Å²) in [7, 11) is -3.58. The maximum Gasteiger partial charge on any atom is 0.241 e. The van der Waals surface area contributed by atoms with Crippen LogP contribution in [0, 0.1) is 5.92 Å². The van der Waals surface area contributed by atoms with E-state index in [-0.39, 0.29) is 22.7 Å². The smallest absolute Gasteiger partial charge is 0.241 e. The predicted octanol–water partition coefficient (Wildman–Crippen LogP) is 2.78. The first-order chi connectivity index (χ1) is 9.42. The largest absolute Gasteiger partial charge is 0.264 e. The number of nitrogens with zero attached hydrogens (tertiary/aromatic N) is 1. The molecule has 0 saturated carbocycles. The van der Waals surface area contributed by atoms with Gasteiger partial charge in [0, 0.05) is 35.1 Å². The quantitative estimate of drug-likeness (QED) is 0.864. The fourth-order valence-corrected chi connectivity index (χ4v) is 3.29. The molecule has 0 saturated heterocycles. The highest BCUT2D eigenvalue weighted by Crippen LogP contribution is 2.22. The van der Waals surface area contributed by atoms with E-state index in [0.717, 1.165) is 5.39 Å². The standard InChI is InChI=1S/C14H17ClN2O2S/c1-10(2)13(15)9-17-20(18,19)14-5-3-4-11-8-16-7-6-12(11)14/h3-8,10,13,17H,9H2,1-2H3. The minimum Gasteiger partial charge on any atom is -0.264 e. The monoisotopic (exact) mass is 312 g/mol. The summed E-state index contributed by atoms with van der Waals surface area (Å²) in [6.45, 7) is 4.12. The van der Waals surface area contributed by atoms with Crippen LogP contribution in [0.1, 0.15) is 13.8 Å². The molecule has 0 radical (unpaired) electrons. The normalized spacial score (nSPS) is 13.8. The zero-order valence-corrected chi connectivity index (χ0v) is 12.9. The molecule has 6 heteroatoms. The summed E-state index contributed by atoms with van der Waals surface area (Å²) in [6, 6.07) is 6.83. The highest BCUT2D eigenvalue weighted by Gasteiger charge is 2.19. The minimum absolute atomic E-state index is 0.205. The average Bonchev–Trinajstić information content (AvgIpc) is 2.44. The van der Waals surface area contributed by atoms with Gasteiger partial charge in [-0.2, -0.15) is 0 Å². The van der Waals surface area contributed by atoms with Crippen LogP contribution >= 0.6 is 11.6 Å². The number of rotatable bonds is 5. The van der Waals surface area contributed by atoms with E-state index in [9.17, 15) is 8.42 Å². The number of hydrogen-bond acceptors (Lipinski definition) is 3. The number of alkyl halides is 1. The van der Waals surface area contributed by atoms with Crippen LogP contribution in [-0.4, -0.2) is 25.3 Å². The maximum atomic E-state index is 12.4. The van der Waals surface area contributed by atoms with Crippen LogP contribution in [0.25, 0.3) is 10.8 Å². The molecule has 1 N–H and O–H groups in total. The summed E-state index contributed by atoms with van der Waals surface area (Å²) in [5.74, 6) is 0.205.